The maximum Gasteiger partial charge on any atom is 0.404 e. The quantitative estimate of drug-likeness (QED) is 0.478. The molecule has 5 aliphatic rings. The molecule has 2 aliphatic carbocycles. The highest BCUT2D eigenvalue weighted by Crippen LogP contribution is 2.59. The van der Waals surface area contributed by atoms with Gasteiger partial charge in [-0.15, -0.1) is 0 Å². The molecule has 1 saturated carbocycles. The van der Waals surface area contributed by atoms with Crippen molar-refractivity contribution in [1.82, 2.24) is 15.1 Å². The monoisotopic (exact) mass is 388 g/mol. The fraction of sp³-hybridized carbons (Fsp3) is 0.632. The van der Waals surface area contributed by atoms with E-state index in [-0.39, 0.29) is 36.3 Å². The van der Waals surface area contributed by atoms with E-state index in [2.05, 4.69) is 10.2 Å². The van der Waals surface area contributed by atoms with Crippen molar-refractivity contribution in [2.45, 2.75) is 43.6 Å². The zero-order valence-electron chi connectivity index (χ0n) is 16.2. The van der Waals surface area contributed by atoms with Gasteiger partial charge in [0.2, 0.25) is 11.6 Å². The number of allylic oxidation sites excluding steroid dienone is 2. The Balaban J connectivity index is 1.60. The van der Waals surface area contributed by atoms with Gasteiger partial charge in [-0.1, -0.05) is 0 Å². The van der Waals surface area contributed by atoms with Crippen LogP contribution < -0.4 is 11.1 Å². The van der Waals surface area contributed by atoms with Crippen LogP contribution in [0.2, 0.25) is 0 Å². The number of nitrogens with zero attached hydrogens (tertiary/aromatic N) is 2. The van der Waals surface area contributed by atoms with Gasteiger partial charge in [0.05, 0.1) is 23.4 Å². The second-order valence-electron chi connectivity index (χ2n) is 8.27. The van der Waals surface area contributed by atoms with Crippen molar-refractivity contribution in [2.75, 3.05) is 27.3 Å². The molecule has 0 aromatic rings. The van der Waals surface area contributed by atoms with Crippen molar-refractivity contribution in [3.05, 3.63) is 22.5 Å². The van der Waals surface area contributed by atoms with Crippen molar-refractivity contribution in [1.29, 1.82) is 0 Å². The third-order valence-electron chi connectivity index (χ3n) is 6.87. The van der Waals surface area contributed by atoms with Crippen molar-refractivity contribution in [3.63, 3.8) is 0 Å². The second-order valence-corrected chi connectivity index (χ2v) is 8.27. The van der Waals surface area contributed by atoms with E-state index < -0.39 is 17.7 Å². The van der Waals surface area contributed by atoms with Crippen LogP contribution >= 0.6 is 0 Å². The first-order valence-electron chi connectivity index (χ1n) is 9.60. The minimum atomic E-state index is -0.917. The first-order chi connectivity index (χ1) is 13.3. The smallest absolute Gasteiger partial charge is 0.404 e. The summed E-state index contributed by atoms with van der Waals surface area (Å²) in [6.07, 6.45) is 1.06. The predicted octanol–water partition coefficient (Wildman–Crippen LogP) is -0.516. The van der Waals surface area contributed by atoms with Crippen LogP contribution in [0.3, 0.4) is 0 Å². The lowest BCUT2D eigenvalue weighted by molar-refractivity contribution is -0.144. The molecular weight excluding hydrogens is 364 g/mol. The van der Waals surface area contributed by atoms with Crippen LogP contribution in [0.4, 0.5) is 4.79 Å². The topological polar surface area (TPSA) is 114 Å². The maximum atomic E-state index is 13.5. The average Bonchev–Trinajstić information content (AvgIpc) is 3.52. The highest BCUT2D eigenvalue weighted by atomic mass is 16.6. The molecule has 3 N–H and O–H groups in total. The number of methoxy groups -OCH3 is 1. The van der Waals surface area contributed by atoms with Gasteiger partial charge in [-0.25, -0.2) is 4.79 Å². The van der Waals surface area contributed by atoms with Crippen LogP contribution in [0, 0.1) is 5.92 Å². The number of Topliss-reactive ketones (excluding diaryl/α,β-unsaturated/α-hetero) is 2. The second kappa shape index (κ2) is 5.57. The number of hydrogen-bond donors (Lipinski definition) is 2. The lowest BCUT2D eigenvalue weighted by Gasteiger charge is -2.40. The highest BCUT2D eigenvalue weighted by Gasteiger charge is 2.75. The molecule has 9 heteroatoms. The Morgan fingerprint density at radius 1 is 1.32 bits per heavy atom. The van der Waals surface area contributed by atoms with Crippen molar-refractivity contribution in [3.8, 4) is 0 Å². The molecule has 28 heavy (non-hydrogen) atoms. The zero-order valence-corrected chi connectivity index (χ0v) is 16.2. The van der Waals surface area contributed by atoms with Gasteiger partial charge in [-0.2, -0.15) is 0 Å². The van der Waals surface area contributed by atoms with E-state index in [1.807, 2.05) is 11.9 Å². The van der Waals surface area contributed by atoms with E-state index >= 15 is 0 Å². The summed E-state index contributed by atoms with van der Waals surface area (Å²) >= 11 is 0. The molecule has 9 nitrogen and oxygen atoms in total. The summed E-state index contributed by atoms with van der Waals surface area (Å²) in [4.78, 5) is 42.2. The molecule has 0 spiro atoms. The molecule has 3 heterocycles. The number of fused-ring (bicyclic) bond motifs is 4. The summed E-state index contributed by atoms with van der Waals surface area (Å²) in [6, 6.07) is 0.495. The molecule has 5 atom stereocenters. The summed E-state index contributed by atoms with van der Waals surface area (Å²) < 4.78 is 11.1. The SMILES string of the molecule is COC12[C@@H](COC(N)=O)C3=C(C(=O)C(C)=C(NC4CC4)C3=O)N1C[C@@H]1[C@H]2N1C. The Morgan fingerprint density at radius 2 is 2.04 bits per heavy atom. The summed E-state index contributed by atoms with van der Waals surface area (Å²) in [5, 5.41) is 3.22. The number of carbonyl (C=O) groups is 3. The van der Waals surface area contributed by atoms with E-state index in [1.54, 1.807) is 14.0 Å². The predicted molar refractivity (Wildman–Crippen MR) is 96.7 cm³/mol. The van der Waals surface area contributed by atoms with Crippen LogP contribution in [-0.4, -0.2) is 78.6 Å². The molecule has 2 unspecified atom stereocenters. The zero-order chi connectivity index (χ0) is 20.0. The summed E-state index contributed by atoms with van der Waals surface area (Å²) in [6.45, 7) is 2.18. The molecule has 3 aliphatic heterocycles. The van der Waals surface area contributed by atoms with E-state index in [0.29, 0.717) is 29.1 Å². The number of likely N-dealkylation sites (N-methyl/N-ethyl adjacent to an activating group) is 1. The Bertz CT molecular complexity index is 876. The van der Waals surface area contributed by atoms with Crippen molar-refractivity contribution >= 4 is 17.7 Å². The molecule has 0 aromatic heterocycles. The van der Waals surface area contributed by atoms with E-state index in [1.165, 1.54) is 0 Å². The Hall–Kier alpha value is -2.39. The normalized spacial score (nSPS) is 38.5. The molecule has 3 fully saturated rings. The van der Waals surface area contributed by atoms with Gasteiger partial charge in [0, 0.05) is 36.9 Å². The average molecular weight is 388 g/mol. The molecule has 0 bridgehead atoms. The number of nitrogens with two attached hydrogens (primary N) is 1. The van der Waals surface area contributed by atoms with Crippen molar-refractivity contribution in [2.24, 2.45) is 11.7 Å². The van der Waals surface area contributed by atoms with Gasteiger partial charge in [0.15, 0.2) is 5.72 Å². The number of hydrogen-bond acceptors (Lipinski definition) is 8. The minimum absolute atomic E-state index is 0.0188. The van der Waals surface area contributed by atoms with Crippen LogP contribution in [-0.2, 0) is 19.1 Å². The number of nitrogens with one attached hydrogen (secondary N) is 1. The first kappa shape index (κ1) is 17.7. The third kappa shape index (κ3) is 2.06. The third-order valence-corrected chi connectivity index (χ3v) is 6.87. The Morgan fingerprint density at radius 3 is 2.64 bits per heavy atom. The molecule has 150 valence electrons. The summed E-state index contributed by atoms with van der Waals surface area (Å²) in [5.41, 5.74) is 5.86. The number of amides is 1. The molecular formula is C19H24N4O5. The lowest BCUT2D eigenvalue weighted by Crippen LogP contribution is -2.55. The number of ether oxygens (including phenoxy) is 2. The molecule has 5 rings (SSSR count). The van der Waals surface area contributed by atoms with Crippen LogP contribution in [0.25, 0.3) is 0 Å². The standard InChI is InChI=1S/C19H24N4O5/c1-8-13(21-9-4-5-9)16(25)12-10(7-28-18(20)26)19(27-3)17-11(22(17)2)6-23(19)14(12)15(8)24/h9-11,17,21H,4-7H2,1-3H3,(H2,20,26)/t10-,11+,17+,19?,22?/m0/s1. The first-order valence-corrected chi connectivity index (χ1v) is 9.60. The van der Waals surface area contributed by atoms with Gasteiger partial charge in [0.25, 0.3) is 0 Å². The van der Waals surface area contributed by atoms with Crippen LogP contribution in [0.1, 0.15) is 19.8 Å². The number of ketones is 2. The van der Waals surface area contributed by atoms with Crippen LogP contribution in [0.5, 0.6) is 0 Å². The lowest BCUT2D eigenvalue weighted by atomic mass is 9.82. The number of primary amides is 1. The summed E-state index contributed by atoms with van der Waals surface area (Å²) in [7, 11) is 3.57. The van der Waals surface area contributed by atoms with Crippen molar-refractivity contribution < 1.29 is 23.9 Å². The molecule has 0 radical (unpaired) electrons. The fourth-order valence-corrected chi connectivity index (χ4v) is 5.32. The molecule has 1 amide bonds. The Kier molecular flexibility index (Phi) is 3.52. The largest absolute Gasteiger partial charge is 0.449 e. The fourth-order valence-electron chi connectivity index (χ4n) is 5.32. The van der Waals surface area contributed by atoms with E-state index in [0.717, 1.165) is 12.8 Å². The van der Waals surface area contributed by atoms with E-state index in [4.69, 9.17) is 15.2 Å². The van der Waals surface area contributed by atoms with E-state index in [9.17, 15) is 14.4 Å². The summed E-state index contributed by atoms with van der Waals surface area (Å²) in [5.74, 6) is -0.951. The minimum Gasteiger partial charge on any atom is -0.449 e. The van der Waals surface area contributed by atoms with Gasteiger partial charge in [-0.3, -0.25) is 14.5 Å². The number of rotatable bonds is 5. The Labute approximate surface area is 162 Å². The van der Waals surface area contributed by atoms with Gasteiger partial charge in [0.1, 0.15) is 6.61 Å². The highest BCUT2D eigenvalue weighted by molar-refractivity contribution is 6.25. The van der Waals surface area contributed by atoms with Gasteiger partial charge in [-0.05, 0) is 26.8 Å². The molecule has 0 aromatic carbocycles. The molecule has 2 saturated heterocycles. The van der Waals surface area contributed by atoms with Gasteiger partial charge < -0.3 is 25.4 Å². The van der Waals surface area contributed by atoms with Crippen LogP contribution in [0.15, 0.2) is 22.5 Å². The number of piperazine rings is 1. The number of carbonyl (C=O) groups excluding carboxylic acids is 3. The maximum absolute atomic E-state index is 13.5. The van der Waals surface area contributed by atoms with Gasteiger partial charge >= 0.3 is 6.09 Å².